The van der Waals surface area contributed by atoms with Crippen LogP contribution in [-0.2, 0) is 44.7 Å². The quantitative estimate of drug-likeness (QED) is 0.548. The number of aliphatic hydroxyl groups is 1. The number of ether oxygens (including phenoxy) is 5. The number of benzene rings is 1. The van der Waals surface area contributed by atoms with Gasteiger partial charge in [0.2, 0.25) is 6.29 Å². The molecule has 1 heterocycles. The molecule has 0 saturated carbocycles. The highest BCUT2D eigenvalue weighted by Gasteiger charge is 2.52. The molecule has 0 amide bonds. The van der Waals surface area contributed by atoms with Gasteiger partial charge in [0.05, 0.1) is 13.7 Å². The summed E-state index contributed by atoms with van der Waals surface area (Å²) in [6, 6.07) is 9.05. The summed E-state index contributed by atoms with van der Waals surface area (Å²) < 4.78 is 25.9. The molecule has 27 heavy (non-hydrogen) atoms. The monoisotopic (exact) mass is 382 g/mol. The molecular formula is C18H22O9. The third-order valence-corrected chi connectivity index (χ3v) is 3.82. The van der Waals surface area contributed by atoms with E-state index in [1.54, 1.807) is 12.1 Å². The molecule has 148 valence electrons. The SMILES string of the molecule is COC(=O)[C@@H]1O[C@H](OC(C)=O)[C@H](OC(C)=O)[C@@H](OCc2ccccc2)[C@@H]1O. The standard InChI is InChI=1S/C18H22O9/c1-10(19)25-16-14(24-9-12-7-5-4-6-8-12)13(21)15(17(22)23-3)27-18(16)26-11(2)20/h4-8,13-16,18,21H,9H2,1-3H3/t13-,14-,15+,16+,18-/m0/s1. The lowest BCUT2D eigenvalue weighted by atomic mass is 9.98. The predicted molar refractivity (Wildman–Crippen MR) is 89.0 cm³/mol. The fraction of sp³-hybridized carbons (Fsp3) is 0.500. The molecule has 5 atom stereocenters. The summed E-state index contributed by atoms with van der Waals surface area (Å²) >= 11 is 0. The van der Waals surface area contributed by atoms with Crippen LogP contribution in [0, 0.1) is 0 Å². The second-order valence-corrected chi connectivity index (χ2v) is 5.88. The first kappa shape index (κ1) is 20.8. The molecule has 0 unspecified atom stereocenters. The minimum atomic E-state index is -1.52. The fourth-order valence-electron chi connectivity index (χ4n) is 2.67. The summed E-state index contributed by atoms with van der Waals surface area (Å²) in [4.78, 5) is 34.8. The largest absolute Gasteiger partial charge is 0.467 e. The van der Waals surface area contributed by atoms with Gasteiger partial charge >= 0.3 is 17.9 Å². The summed E-state index contributed by atoms with van der Waals surface area (Å²) in [7, 11) is 1.12. The Kier molecular flexibility index (Phi) is 7.28. The van der Waals surface area contributed by atoms with Crippen LogP contribution in [0.5, 0.6) is 0 Å². The summed E-state index contributed by atoms with van der Waals surface area (Å²) in [5.74, 6) is -2.30. The van der Waals surface area contributed by atoms with Gasteiger partial charge in [-0.1, -0.05) is 30.3 Å². The Bertz CT molecular complexity index is 660. The van der Waals surface area contributed by atoms with Gasteiger partial charge in [0.15, 0.2) is 12.2 Å². The lowest BCUT2D eigenvalue weighted by molar-refractivity contribution is -0.297. The molecule has 9 nitrogen and oxygen atoms in total. The molecule has 1 fully saturated rings. The zero-order chi connectivity index (χ0) is 20.0. The van der Waals surface area contributed by atoms with E-state index in [-0.39, 0.29) is 6.61 Å². The molecule has 0 aromatic heterocycles. The number of methoxy groups -OCH3 is 1. The van der Waals surface area contributed by atoms with E-state index >= 15 is 0 Å². The predicted octanol–water partition coefficient (Wildman–Crippen LogP) is 0.325. The van der Waals surface area contributed by atoms with Gasteiger partial charge in [0, 0.05) is 13.8 Å². The van der Waals surface area contributed by atoms with Crippen LogP contribution < -0.4 is 0 Å². The molecule has 2 rings (SSSR count). The van der Waals surface area contributed by atoms with Crippen molar-refractivity contribution in [2.75, 3.05) is 7.11 Å². The number of carbonyl (C=O) groups is 3. The highest BCUT2D eigenvalue weighted by molar-refractivity contribution is 5.76. The van der Waals surface area contributed by atoms with Crippen molar-refractivity contribution in [3.05, 3.63) is 35.9 Å². The molecule has 1 aromatic rings. The summed E-state index contributed by atoms with van der Waals surface area (Å²) in [5.41, 5.74) is 0.788. The zero-order valence-corrected chi connectivity index (χ0v) is 15.2. The molecule has 1 aliphatic rings. The Labute approximate surface area is 156 Å². The molecule has 0 radical (unpaired) electrons. The Morgan fingerprint density at radius 3 is 2.22 bits per heavy atom. The normalized spacial score (nSPS) is 27.5. The van der Waals surface area contributed by atoms with Crippen LogP contribution in [0.25, 0.3) is 0 Å². The molecular weight excluding hydrogens is 360 g/mol. The highest BCUT2D eigenvalue weighted by atomic mass is 16.7. The van der Waals surface area contributed by atoms with Gasteiger partial charge in [-0.2, -0.15) is 0 Å². The van der Waals surface area contributed by atoms with Crippen molar-refractivity contribution in [2.24, 2.45) is 0 Å². The number of hydrogen-bond acceptors (Lipinski definition) is 9. The van der Waals surface area contributed by atoms with E-state index in [0.717, 1.165) is 26.5 Å². The van der Waals surface area contributed by atoms with Crippen molar-refractivity contribution in [2.45, 2.75) is 51.2 Å². The molecule has 1 saturated heterocycles. The van der Waals surface area contributed by atoms with E-state index in [0.29, 0.717) is 0 Å². The molecule has 0 aliphatic carbocycles. The maximum Gasteiger partial charge on any atom is 0.337 e. The van der Waals surface area contributed by atoms with E-state index in [1.807, 2.05) is 18.2 Å². The second-order valence-electron chi connectivity index (χ2n) is 5.88. The van der Waals surface area contributed by atoms with E-state index in [4.69, 9.17) is 18.9 Å². The summed E-state index contributed by atoms with van der Waals surface area (Å²) in [6.07, 6.45) is -6.91. The van der Waals surface area contributed by atoms with Crippen LogP contribution in [0.1, 0.15) is 19.4 Å². The van der Waals surface area contributed by atoms with Gasteiger partial charge in [-0.25, -0.2) is 4.79 Å². The number of rotatable bonds is 6. The van der Waals surface area contributed by atoms with Gasteiger partial charge in [0.25, 0.3) is 0 Å². The Balaban J connectivity index is 2.28. The van der Waals surface area contributed by atoms with Crippen molar-refractivity contribution in [3.8, 4) is 0 Å². The maximum absolute atomic E-state index is 11.9. The van der Waals surface area contributed by atoms with Crippen molar-refractivity contribution in [3.63, 3.8) is 0 Å². The van der Waals surface area contributed by atoms with Crippen molar-refractivity contribution >= 4 is 17.9 Å². The molecule has 0 spiro atoms. The molecule has 9 heteroatoms. The first-order valence-corrected chi connectivity index (χ1v) is 8.24. The lowest BCUT2D eigenvalue weighted by Crippen LogP contribution is -2.62. The molecule has 1 N–H and O–H groups in total. The Hall–Kier alpha value is -2.49. The van der Waals surface area contributed by atoms with E-state index in [1.165, 1.54) is 0 Å². The zero-order valence-electron chi connectivity index (χ0n) is 15.2. The third-order valence-electron chi connectivity index (χ3n) is 3.82. The molecule has 1 aromatic carbocycles. The topological polar surface area (TPSA) is 118 Å². The second kappa shape index (κ2) is 9.45. The lowest BCUT2D eigenvalue weighted by Gasteiger charge is -2.41. The average Bonchev–Trinajstić information content (AvgIpc) is 2.63. The van der Waals surface area contributed by atoms with E-state index in [2.05, 4.69) is 4.74 Å². The van der Waals surface area contributed by atoms with Crippen LogP contribution in [0.3, 0.4) is 0 Å². The average molecular weight is 382 g/mol. The number of aliphatic hydroxyl groups excluding tert-OH is 1. The van der Waals surface area contributed by atoms with Crippen LogP contribution in [0.15, 0.2) is 30.3 Å². The summed E-state index contributed by atoms with van der Waals surface area (Å²) in [6.45, 7) is 2.34. The van der Waals surface area contributed by atoms with Crippen molar-refractivity contribution in [1.29, 1.82) is 0 Å². The van der Waals surface area contributed by atoms with Crippen LogP contribution >= 0.6 is 0 Å². The van der Waals surface area contributed by atoms with Gasteiger partial charge < -0.3 is 28.8 Å². The maximum atomic E-state index is 11.9. The van der Waals surface area contributed by atoms with Gasteiger partial charge in [-0.3, -0.25) is 9.59 Å². The minimum Gasteiger partial charge on any atom is -0.467 e. The first-order valence-electron chi connectivity index (χ1n) is 8.24. The van der Waals surface area contributed by atoms with Crippen molar-refractivity contribution < 1.29 is 43.2 Å². The summed E-state index contributed by atoms with van der Waals surface area (Å²) in [5, 5.41) is 10.6. The van der Waals surface area contributed by atoms with E-state index in [9.17, 15) is 19.5 Å². The van der Waals surface area contributed by atoms with Crippen LogP contribution in [-0.4, -0.2) is 60.8 Å². The number of esters is 3. The van der Waals surface area contributed by atoms with Crippen molar-refractivity contribution in [1.82, 2.24) is 0 Å². The number of carbonyl (C=O) groups excluding carboxylic acids is 3. The minimum absolute atomic E-state index is 0.0566. The smallest absolute Gasteiger partial charge is 0.337 e. The van der Waals surface area contributed by atoms with Gasteiger partial charge in [0.1, 0.15) is 12.2 Å². The first-order chi connectivity index (χ1) is 12.8. The highest BCUT2D eigenvalue weighted by Crippen LogP contribution is 2.28. The molecule has 1 aliphatic heterocycles. The Morgan fingerprint density at radius 1 is 1.04 bits per heavy atom. The van der Waals surface area contributed by atoms with Crippen LogP contribution in [0.4, 0.5) is 0 Å². The van der Waals surface area contributed by atoms with Crippen LogP contribution in [0.2, 0.25) is 0 Å². The van der Waals surface area contributed by atoms with Gasteiger partial charge in [-0.05, 0) is 5.56 Å². The molecule has 0 bridgehead atoms. The third kappa shape index (κ3) is 5.49. The Morgan fingerprint density at radius 2 is 1.67 bits per heavy atom. The fourth-order valence-corrected chi connectivity index (χ4v) is 2.67. The number of hydrogen-bond donors (Lipinski definition) is 1. The van der Waals surface area contributed by atoms with E-state index < -0.39 is 48.6 Å². The van der Waals surface area contributed by atoms with Gasteiger partial charge in [-0.15, -0.1) is 0 Å².